The third kappa shape index (κ3) is 4.81. The van der Waals surface area contributed by atoms with E-state index in [4.69, 9.17) is 9.84 Å². The van der Waals surface area contributed by atoms with Gasteiger partial charge in [-0.2, -0.15) is 0 Å². The molecule has 32 heavy (non-hydrogen) atoms. The highest BCUT2D eigenvalue weighted by molar-refractivity contribution is 5.88. The van der Waals surface area contributed by atoms with Gasteiger partial charge in [-0.05, 0) is 66.1 Å². The maximum absolute atomic E-state index is 15.1. The summed E-state index contributed by atoms with van der Waals surface area (Å²) in [7, 11) is 0. The van der Waals surface area contributed by atoms with Gasteiger partial charge in [-0.25, -0.2) is 22.4 Å². The van der Waals surface area contributed by atoms with E-state index < -0.39 is 29.1 Å². The third-order valence-electron chi connectivity index (χ3n) is 6.16. The lowest BCUT2D eigenvalue weighted by atomic mass is 9.91. The summed E-state index contributed by atoms with van der Waals surface area (Å²) in [6.45, 7) is 1.78. The minimum Gasteiger partial charge on any atom is -0.478 e. The zero-order valence-corrected chi connectivity index (χ0v) is 17.7. The standard InChI is InChI=1S/C24H25F4NO3/c1-2-22(15-5-17(25)8-18(26)6-15)29-11-24(28,12-29)13-32-10-16-7-21(27)20(23(30)31)9-19(16)14-3-4-14/h5-9,14,22H,2-4,10-13H2,1H3,(H,30,31). The van der Waals surface area contributed by atoms with Crippen LogP contribution >= 0.6 is 0 Å². The number of aromatic carboxylic acids is 1. The number of benzene rings is 2. The molecule has 0 bridgehead atoms. The van der Waals surface area contributed by atoms with Gasteiger partial charge in [-0.1, -0.05) is 6.92 Å². The first-order chi connectivity index (χ1) is 15.2. The van der Waals surface area contributed by atoms with Crippen molar-refractivity contribution in [2.75, 3.05) is 19.7 Å². The molecule has 0 spiro atoms. The SMILES string of the molecule is CCC(c1cc(F)cc(F)c1)N1CC(F)(COCc2cc(F)c(C(=O)O)cc2C2CC2)C1. The number of nitrogens with zero attached hydrogens (tertiary/aromatic N) is 1. The van der Waals surface area contributed by atoms with Crippen LogP contribution in [0.15, 0.2) is 30.3 Å². The van der Waals surface area contributed by atoms with Crippen LogP contribution in [0.1, 0.15) is 65.2 Å². The minimum atomic E-state index is -1.61. The highest BCUT2D eigenvalue weighted by atomic mass is 19.1. The number of carboxylic acids is 1. The van der Waals surface area contributed by atoms with Crippen molar-refractivity contribution in [1.82, 2.24) is 4.90 Å². The lowest BCUT2D eigenvalue weighted by Gasteiger charge is -2.48. The maximum Gasteiger partial charge on any atom is 0.338 e. The van der Waals surface area contributed by atoms with Crippen LogP contribution in [0.2, 0.25) is 0 Å². The van der Waals surface area contributed by atoms with E-state index in [1.54, 1.807) is 0 Å². The lowest BCUT2D eigenvalue weighted by Crippen LogP contribution is -2.62. The number of carbonyl (C=O) groups is 1. The van der Waals surface area contributed by atoms with Gasteiger partial charge in [0, 0.05) is 25.2 Å². The zero-order valence-electron chi connectivity index (χ0n) is 17.7. The number of halogens is 4. The Labute approximate surface area is 183 Å². The van der Waals surface area contributed by atoms with Crippen molar-refractivity contribution in [3.8, 4) is 0 Å². The van der Waals surface area contributed by atoms with Crippen LogP contribution in [-0.4, -0.2) is 41.3 Å². The van der Waals surface area contributed by atoms with Crippen LogP contribution in [0.25, 0.3) is 0 Å². The van der Waals surface area contributed by atoms with Gasteiger partial charge in [0.05, 0.1) is 18.8 Å². The molecule has 2 aromatic rings. The van der Waals surface area contributed by atoms with Gasteiger partial charge in [-0.3, -0.25) is 4.90 Å². The fourth-order valence-electron chi connectivity index (χ4n) is 4.50. The summed E-state index contributed by atoms with van der Waals surface area (Å²) in [6.07, 6.45) is 2.37. The predicted octanol–water partition coefficient (Wildman–Crippen LogP) is 5.37. The highest BCUT2D eigenvalue weighted by Gasteiger charge is 2.46. The van der Waals surface area contributed by atoms with E-state index in [1.807, 2.05) is 11.8 Å². The fourth-order valence-corrected chi connectivity index (χ4v) is 4.50. The average molecular weight is 451 g/mol. The Morgan fingerprint density at radius 1 is 1.16 bits per heavy atom. The van der Waals surface area contributed by atoms with Gasteiger partial charge in [0.25, 0.3) is 0 Å². The number of ether oxygens (including phenoxy) is 1. The van der Waals surface area contributed by atoms with Gasteiger partial charge in [0.2, 0.25) is 0 Å². The molecule has 1 aliphatic carbocycles. The van der Waals surface area contributed by atoms with Crippen molar-refractivity contribution in [2.24, 2.45) is 0 Å². The van der Waals surface area contributed by atoms with E-state index in [0.717, 1.165) is 24.5 Å². The second kappa shape index (κ2) is 8.83. The van der Waals surface area contributed by atoms with Crippen LogP contribution in [0.3, 0.4) is 0 Å². The Bertz CT molecular complexity index is 998. The summed E-state index contributed by atoms with van der Waals surface area (Å²) < 4.78 is 61.9. The molecule has 1 unspecified atom stereocenters. The number of hydrogen-bond acceptors (Lipinski definition) is 3. The Morgan fingerprint density at radius 3 is 2.38 bits per heavy atom. The molecule has 4 rings (SSSR count). The minimum absolute atomic E-state index is 0.0133. The smallest absolute Gasteiger partial charge is 0.338 e. The molecular weight excluding hydrogens is 426 g/mol. The first-order valence-electron chi connectivity index (χ1n) is 10.7. The quantitative estimate of drug-likeness (QED) is 0.521. The molecule has 1 atom stereocenters. The molecule has 0 amide bonds. The van der Waals surface area contributed by atoms with Crippen LogP contribution in [0, 0.1) is 17.5 Å². The zero-order chi connectivity index (χ0) is 23.0. The largest absolute Gasteiger partial charge is 0.478 e. The molecule has 2 aromatic carbocycles. The number of carboxylic acid groups (broad SMARTS) is 1. The van der Waals surface area contributed by atoms with Crippen molar-refractivity contribution in [2.45, 2.75) is 50.4 Å². The molecule has 1 aliphatic heterocycles. The third-order valence-corrected chi connectivity index (χ3v) is 6.16. The van der Waals surface area contributed by atoms with Crippen molar-refractivity contribution < 1.29 is 32.2 Å². The number of rotatable bonds is 9. The van der Waals surface area contributed by atoms with Gasteiger partial charge < -0.3 is 9.84 Å². The molecule has 1 saturated carbocycles. The first kappa shape index (κ1) is 22.7. The summed E-state index contributed by atoms with van der Waals surface area (Å²) in [4.78, 5) is 13.0. The number of alkyl halides is 1. The van der Waals surface area contributed by atoms with Crippen LogP contribution in [0.4, 0.5) is 17.6 Å². The molecule has 0 radical (unpaired) electrons. The summed E-state index contributed by atoms with van der Waals surface area (Å²) in [5.41, 5.74) is -0.233. The van der Waals surface area contributed by atoms with Crippen molar-refractivity contribution in [3.63, 3.8) is 0 Å². The molecule has 1 saturated heterocycles. The summed E-state index contributed by atoms with van der Waals surface area (Å²) in [5.74, 6) is -3.30. The van der Waals surface area contributed by atoms with E-state index in [9.17, 15) is 18.0 Å². The summed E-state index contributed by atoms with van der Waals surface area (Å²) in [6, 6.07) is 5.56. The highest BCUT2D eigenvalue weighted by Crippen LogP contribution is 2.43. The van der Waals surface area contributed by atoms with Gasteiger partial charge in [0.1, 0.15) is 17.5 Å². The Balaban J connectivity index is 1.36. The van der Waals surface area contributed by atoms with Gasteiger partial charge in [-0.15, -0.1) is 0 Å². The molecule has 4 nitrogen and oxygen atoms in total. The maximum atomic E-state index is 15.1. The predicted molar refractivity (Wildman–Crippen MR) is 110 cm³/mol. The van der Waals surface area contributed by atoms with Gasteiger partial charge in [0.15, 0.2) is 5.67 Å². The second-order valence-corrected chi connectivity index (χ2v) is 8.79. The molecular formula is C24H25F4NO3. The number of likely N-dealkylation sites (tertiary alicyclic amines) is 1. The number of hydrogen-bond donors (Lipinski definition) is 1. The summed E-state index contributed by atoms with van der Waals surface area (Å²) in [5, 5.41) is 9.14. The van der Waals surface area contributed by atoms with Crippen molar-refractivity contribution in [1.29, 1.82) is 0 Å². The lowest BCUT2D eigenvalue weighted by molar-refractivity contribution is -0.107. The van der Waals surface area contributed by atoms with E-state index in [2.05, 4.69) is 0 Å². The molecule has 2 fully saturated rings. The average Bonchev–Trinajstić information content (AvgIpc) is 3.51. The molecule has 1 heterocycles. The van der Waals surface area contributed by atoms with Crippen LogP contribution < -0.4 is 0 Å². The fraction of sp³-hybridized carbons (Fsp3) is 0.458. The Hall–Kier alpha value is -2.45. The first-order valence-corrected chi connectivity index (χ1v) is 10.7. The van der Waals surface area contributed by atoms with Crippen molar-refractivity contribution >= 4 is 5.97 Å². The van der Waals surface area contributed by atoms with Crippen LogP contribution in [0.5, 0.6) is 0 Å². The van der Waals surface area contributed by atoms with E-state index in [1.165, 1.54) is 24.3 Å². The topological polar surface area (TPSA) is 49.8 Å². The van der Waals surface area contributed by atoms with E-state index in [0.29, 0.717) is 17.5 Å². The normalized spacial score (nSPS) is 18.9. The monoisotopic (exact) mass is 451 g/mol. The summed E-state index contributed by atoms with van der Waals surface area (Å²) >= 11 is 0. The molecule has 8 heteroatoms. The van der Waals surface area contributed by atoms with Crippen LogP contribution in [-0.2, 0) is 11.3 Å². The van der Waals surface area contributed by atoms with E-state index >= 15 is 4.39 Å². The molecule has 0 aromatic heterocycles. The molecule has 1 N–H and O–H groups in total. The van der Waals surface area contributed by atoms with Gasteiger partial charge >= 0.3 is 5.97 Å². The van der Waals surface area contributed by atoms with E-state index in [-0.39, 0.29) is 43.8 Å². The Kier molecular flexibility index (Phi) is 6.27. The Morgan fingerprint density at radius 2 is 1.81 bits per heavy atom. The molecule has 2 aliphatic rings. The van der Waals surface area contributed by atoms with Crippen molar-refractivity contribution in [3.05, 3.63) is 70.0 Å². The second-order valence-electron chi connectivity index (χ2n) is 8.79. The molecule has 172 valence electrons.